The lowest BCUT2D eigenvalue weighted by Crippen LogP contribution is -2.12. The molecule has 0 aliphatic heterocycles. The van der Waals surface area contributed by atoms with Crippen molar-refractivity contribution in [2.75, 3.05) is 16.8 Å². The van der Waals surface area contributed by atoms with Crippen LogP contribution in [0.25, 0.3) is 0 Å². The monoisotopic (exact) mass is 269 g/mol. The molecule has 0 saturated carbocycles. The summed E-state index contributed by atoms with van der Waals surface area (Å²) in [5.41, 5.74) is 15.2. The maximum Gasteiger partial charge on any atom is 0.255 e. The molecule has 0 fully saturated rings. The topological polar surface area (TPSA) is 81.1 Å². The summed E-state index contributed by atoms with van der Waals surface area (Å²) in [7, 11) is 0. The van der Waals surface area contributed by atoms with Gasteiger partial charge in [-0.3, -0.25) is 4.79 Å². The van der Waals surface area contributed by atoms with Gasteiger partial charge in [-0.25, -0.2) is 0 Å². The quantitative estimate of drug-likeness (QED) is 0.748. The van der Waals surface area contributed by atoms with E-state index in [2.05, 4.69) is 19.2 Å². The molecule has 2 aromatic carbocycles. The van der Waals surface area contributed by atoms with Gasteiger partial charge in [-0.05, 0) is 53.9 Å². The average Bonchev–Trinajstić information content (AvgIpc) is 2.41. The predicted octanol–water partition coefficient (Wildman–Crippen LogP) is 3.23. The first-order valence-corrected chi connectivity index (χ1v) is 6.53. The van der Waals surface area contributed by atoms with E-state index in [4.69, 9.17) is 11.5 Å². The number of hydrogen-bond acceptors (Lipinski definition) is 3. The third-order valence-corrected chi connectivity index (χ3v) is 3.14. The number of amides is 1. The number of carbonyl (C=O) groups excluding carboxylic acids is 1. The van der Waals surface area contributed by atoms with E-state index in [1.165, 1.54) is 0 Å². The second kappa shape index (κ2) is 5.65. The molecule has 104 valence electrons. The number of carbonyl (C=O) groups is 1. The minimum atomic E-state index is -0.163. The van der Waals surface area contributed by atoms with Gasteiger partial charge in [0.1, 0.15) is 0 Å². The summed E-state index contributed by atoms with van der Waals surface area (Å²) in [5.74, 6) is 0.146. The summed E-state index contributed by atoms with van der Waals surface area (Å²) in [6.45, 7) is 4.13. The Labute approximate surface area is 118 Å². The number of benzene rings is 2. The van der Waals surface area contributed by atoms with E-state index in [1.54, 1.807) is 30.3 Å². The van der Waals surface area contributed by atoms with Crippen molar-refractivity contribution in [1.82, 2.24) is 0 Å². The van der Waals surface area contributed by atoms with Crippen molar-refractivity contribution in [3.8, 4) is 0 Å². The van der Waals surface area contributed by atoms with Gasteiger partial charge < -0.3 is 16.8 Å². The summed E-state index contributed by atoms with van der Waals surface area (Å²) < 4.78 is 0. The van der Waals surface area contributed by atoms with Crippen LogP contribution in [0, 0.1) is 0 Å². The zero-order chi connectivity index (χ0) is 14.7. The van der Waals surface area contributed by atoms with Crippen molar-refractivity contribution in [1.29, 1.82) is 0 Å². The minimum absolute atomic E-state index is 0.163. The Bertz CT molecular complexity index is 618. The van der Waals surface area contributed by atoms with Gasteiger partial charge in [-0.15, -0.1) is 0 Å². The summed E-state index contributed by atoms with van der Waals surface area (Å²) in [4.78, 5) is 12.1. The van der Waals surface area contributed by atoms with E-state index >= 15 is 0 Å². The normalized spacial score (nSPS) is 10.6. The highest BCUT2D eigenvalue weighted by Gasteiger charge is 2.09. The summed E-state index contributed by atoms with van der Waals surface area (Å²) >= 11 is 0. The Hall–Kier alpha value is -2.49. The van der Waals surface area contributed by atoms with Crippen molar-refractivity contribution in [3.63, 3.8) is 0 Å². The van der Waals surface area contributed by atoms with E-state index in [0.717, 1.165) is 16.9 Å². The molecule has 0 aliphatic rings. The number of nitrogens with two attached hydrogens (primary N) is 2. The smallest absolute Gasteiger partial charge is 0.255 e. The van der Waals surface area contributed by atoms with Crippen LogP contribution in [0.15, 0.2) is 42.5 Å². The summed E-state index contributed by atoms with van der Waals surface area (Å²) in [6.07, 6.45) is 0. The first-order valence-electron chi connectivity index (χ1n) is 6.53. The van der Waals surface area contributed by atoms with E-state index in [-0.39, 0.29) is 5.91 Å². The van der Waals surface area contributed by atoms with E-state index in [1.807, 2.05) is 12.1 Å². The molecule has 4 nitrogen and oxygen atoms in total. The third-order valence-electron chi connectivity index (χ3n) is 3.14. The maximum atomic E-state index is 12.1. The molecule has 20 heavy (non-hydrogen) atoms. The van der Waals surface area contributed by atoms with Gasteiger partial charge in [0.2, 0.25) is 0 Å². The van der Waals surface area contributed by atoms with Crippen LogP contribution in [0.4, 0.5) is 17.1 Å². The Morgan fingerprint density at radius 1 is 1.05 bits per heavy atom. The number of anilines is 3. The second-order valence-corrected chi connectivity index (χ2v) is 5.07. The molecule has 0 bridgehead atoms. The molecule has 0 aromatic heterocycles. The second-order valence-electron chi connectivity index (χ2n) is 5.07. The maximum absolute atomic E-state index is 12.1. The van der Waals surface area contributed by atoms with Crippen LogP contribution >= 0.6 is 0 Å². The van der Waals surface area contributed by atoms with Gasteiger partial charge in [0.15, 0.2) is 0 Å². The largest absolute Gasteiger partial charge is 0.399 e. The van der Waals surface area contributed by atoms with Gasteiger partial charge in [0.25, 0.3) is 5.91 Å². The molecule has 0 heterocycles. The van der Waals surface area contributed by atoms with E-state index in [9.17, 15) is 4.79 Å². The molecule has 0 radical (unpaired) electrons. The Balaban J connectivity index is 2.19. The number of hydrogen-bond donors (Lipinski definition) is 3. The molecule has 0 atom stereocenters. The zero-order valence-electron chi connectivity index (χ0n) is 11.7. The van der Waals surface area contributed by atoms with Crippen molar-refractivity contribution < 1.29 is 4.79 Å². The van der Waals surface area contributed by atoms with Crippen molar-refractivity contribution in [2.24, 2.45) is 0 Å². The standard InChI is InChI=1S/C16H19N3O/c1-10(2)14-9-13(7-8-15(14)18)19-16(20)11-3-5-12(17)6-4-11/h3-10H,17-18H2,1-2H3,(H,19,20). The number of nitrogen functional groups attached to an aromatic ring is 2. The predicted molar refractivity (Wildman–Crippen MR) is 83.8 cm³/mol. The number of rotatable bonds is 3. The van der Waals surface area contributed by atoms with Crippen LogP contribution in [0.5, 0.6) is 0 Å². The van der Waals surface area contributed by atoms with Crippen molar-refractivity contribution >= 4 is 23.0 Å². The molecule has 5 N–H and O–H groups in total. The molecule has 2 aromatic rings. The van der Waals surface area contributed by atoms with Crippen LogP contribution in [0.2, 0.25) is 0 Å². The summed E-state index contributed by atoms with van der Waals surface area (Å²) in [6, 6.07) is 12.3. The minimum Gasteiger partial charge on any atom is -0.399 e. The molecule has 4 heteroatoms. The summed E-state index contributed by atoms with van der Waals surface area (Å²) in [5, 5.41) is 2.86. The highest BCUT2D eigenvalue weighted by Crippen LogP contribution is 2.25. The Morgan fingerprint density at radius 3 is 2.30 bits per heavy atom. The third kappa shape index (κ3) is 3.09. The zero-order valence-corrected chi connectivity index (χ0v) is 11.7. The fourth-order valence-corrected chi connectivity index (χ4v) is 1.99. The highest BCUT2D eigenvalue weighted by atomic mass is 16.1. The lowest BCUT2D eigenvalue weighted by atomic mass is 10.0. The fourth-order valence-electron chi connectivity index (χ4n) is 1.99. The first kappa shape index (κ1) is 13.9. The lowest BCUT2D eigenvalue weighted by molar-refractivity contribution is 0.102. The van der Waals surface area contributed by atoms with Crippen LogP contribution in [0.3, 0.4) is 0 Å². The fraction of sp³-hybridized carbons (Fsp3) is 0.188. The van der Waals surface area contributed by atoms with Gasteiger partial charge in [0.05, 0.1) is 0 Å². The van der Waals surface area contributed by atoms with Crippen molar-refractivity contribution in [2.45, 2.75) is 19.8 Å². The van der Waals surface area contributed by atoms with Gasteiger partial charge in [-0.1, -0.05) is 13.8 Å². The SMILES string of the molecule is CC(C)c1cc(NC(=O)c2ccc(N)cc2)ccc1N. The molecule has 0 unspecified atom stereocenters. The van der Waals surface area contributed by atoms with Crippen LogP contribution in [0.1, 0.15) is 35.7 Å². The molecule has 1 amide bonds. The van der Waals surface area contributed by atoms with Gasteiger partial charge in [0, 0.05) is 22.6 Å². The van der Waals surface area contributed by atoms with Gasteiger partial charge >= 0.3 is 0 Å². The molecular weight excluding hydrogens is 250 g/mol. The molecule has 2 rings (SSSR count). The van der Waals surface area contributed by atoms with Gasteiger partial charge in [-0.2, -0.15) is 0 Å². The van der Waals surface area contributed by atoms with E-state index in [0.29, 0.717) is 17.2 Å². The van der Waals surface area contributed by atoms with E-state index < -0.39 is 0 Å². The average molecular weight is 269 g/mol. The first-order chi connectivity index (χ1) is 9.47. The van der Waals surface area contributed by atoms with Crippen molar-refractivity contribution in [3.05, 3.63) is 53.6 Å². The lowest BCUT2D eigenvalue weighted by Gasteiger charge is -2.12. The van der Waals surface area contributed by atoms with Crippen LogP contribution in [-0.4, -0.2) is 5.91 Å². The molecule has 0 spiro atoms. The molecule has 0 saturated heterocycles. The molecular formula is C16H19N3O. The Morgan fingerprint density at radius 2 is 1.70 bits per heavy atom. The van der Waals surface area contributed by atoms with Crippen LogP contribution < -0.4 is 16.8 Å². The number of nitrogens with one attached hydrogen (secondary N) is 1. The highest BCUT2D eigenvalue weighted by molar-refractivity contribution is 6.04. The molecule has 0 aliphatic carbocycles. The Kier molecular flexibility index (Phi) is 3.94. The van der Waals surface area contributed by atoms with Crippen LogP contribution in [-0.2, 0) is 0 Å².